The van der Waals surface area contributed by atoms with E-state index >= 15 is 8.78 Å². The van der Waals surface area contributed by atoms with Crippen molar-refractivity contribution >= 4 is 28.8 Å². The SMILES string of the molecule is Cn1nc(C2CCC(=O)NC2=O)c2cccc([C@@H]3CCN(C(=O)OC(C)(C)C)CC3(F)F)c21. The molecular formula is C23H28F2N4O4. The minimum Gasteiger partial charge on any atom is -0.444 e. The Balaban J connectivity index is 1.65. The Hall–Kier alpha value is -3.04. The largest absolute Gasteiger partial charge is 0.444 e. The van der Waals surface area contributed by atoms with Gasteiger partial charge in [0.15, 0.2) is 0 Å². The zero-order valence-corrected chi connectivity index (χ0v) is 19.2. The molecule has 2 aliphatic heterocycles. The number of ether oxygens (including phenoxy) is 1. The van der Waals surface area contributed by atoms with Gasteiger partial charge in [-0.3, -0.25) is 19.6 Å². The maximum Gasteiger partial charge on any atom is 0.410 e. The highest BCUT2D eigenvalue weighted by molar-refractivity contribution is 6.02. The second-order valence-electron chi connectivity index (χ2n) is 9.76. The van der Waals surface area contributed by atoms with Gasteiger partial charge in [0.25, 0.3) is 5.92 Å². The lowest BCUT2D eigenvalue weighted by molar-refractivity contribution is -0.134. The fourth-order valence-electron chi connectivity index (χ4n) is 4.69. The van der Waals surface area contributed by atoms with Crippen molar-refractivity contribution < 1.29 is 27.9 Å². The number of likely N-dealkylation sites (tertiary alicyclic amines) is 1. The average molecular weight is 462 g/mol. The Morgan fingerprint density at radius 3 is 2.61 bits per heavy atom. The summed E-state index contributed by atoms with van der Waals surface area (Å²) in [5.41, 5.74) is 0.673. The molecule has 2 saturated heterocycles. The summed E-state index contributed by atoms with van der Waals surface area (Å²) in [5, 5.41) is 7.44. The molecule has 2 aromatic rings. The Kier molecular flexibility index (Phi) is 5.66. The van der Waals surface area contributed by atoms with Gasteiger partial charge in [0.1, 0.15) is 5.60 Å². The van der Waals surface area contributed by atoms with Crippen LogP contribution in [0.2, 0.25) is 0 Å². The van der Waals surface area contributed by atoms with Crippen LogP contribution >= 0.6 is 0 Å². The quantitative estimate of drug-likeness (QED) is 0.690. The molecule has 2 fully saturated rings. The zero-order chi connectivity index (χ0) is 24.1. The van der Waals surface area contributed by atoms with Crippen molar-refractivity contribution in [1.29, 1.82) is 0 Å². The van der Waals surface area contributed by atoms with Crippen LogP contribution in [-0.4, -0.2) is 57.2 Å². The van der Waals surface area contributed by atoms with Crippen molar-refractivity contribution in [3.8, 4) is 0 Å². The number of aryl methyl sites for hydroxylation is 1. The highest BCUT2D eigenvalue weighted by Crippen LogP contribution is 2.44. The van der Waals surface area contributed by atoms with Crippen LogP contribution in [-0.2, 0) is 21.4 Å². The molecule has 33 heavy (non-hydrogen) atoms. The van der Waals surface area contributed by atoms with E-state index in [1.807, 2.05) is 0 Å². The van der Waals surface area contributed by atoms with Crippen LogP contribution in [0.1, 0.15) is 63.1 Å². The normalized spacial score (nSPS) is 23.5. The monoisotopic (exact) mass is 462 g/mol. The first-order valence-electron chi connectivity index (χ1n) is 11.0. The number of carbonyl (C=O) groups is 3. The smallest absolute Gasteiger partial charge is 0.410 e. The maximum absolute atomic E-state index is 15.3. The number of fused-ring (bicyclic) bond motifs is 1. The summed E-state index contributed by atoms with van der Waals surface area (Å²) >= 11 is 0. The van der Waals surface area contributed by atoms with E-state index in [2.05, 4.69) is 10.4 Å². The summed E-state index contributed by atoms with van der Waals surface area (Å²) in [6.07, 6.45) is -0.162. The fraction of sp³-hybridized carbons (Fsp3) is 0.565. The number of imide groups is 1. The minimum absolute atomic E-state index is 0.0598. The molecule has 0 spiro atoms. The molecular weight excluding hydrogens is 434 g/mol. The van der Waals surface area contributed by atoms with E-state index in [0.717, 1.165) is 4.90 Å². The molecule has 3 heterocycles. The topological polar surface area (TPSA) is 93.5 Å². The Bertz CT molecular complexity index is 1120. The number of para-hydroxylation sites is 1. The molecule has 1 aromatic heterocycles. The first-order chi connectivity index (χ1) is 15.4. The van der Waals surface area contributed by atoms with Crippen LogP contribution in [0.25, 0.3) is 10.9 Å². The molecule has 1 aromatic carbocycles. The van der Waals surface area contributed by atoms with Gasteiger partial charge in [0.2, 0.25) is 11.8 Å². The summed E-state index contributed by atoms with van der Waals surface area (Å²) in [7, 11) is 1.66. The van der Waals surface area contributed by atoms with Gasteiger partial charge in [-0.1, -0.05) is 18.2 Å². The first kappa shape index (κ1) is 23.1. The van der Waals surface area contributed by atoms with Gasteiger partial charge in [-0.2, -0.15) is 5.10 Å². The molecule has 4 rings (SSSR count). The van der Waals surface area contributed by atoms with Gasteiger partial charge in [-0.05, 0) is 39.2 Å². The number of benzene rings is 1. The third-order valence-electron chi connectivity index (χ3n) is 6.12. The van der Waals surface area contributed by atoms with Crippen LogP contribution in [0.15, 0.2) is 18.2 Å². The van der Waals surface area contributed by atoms with Crippen molar-refractivity contribution in [2.75, 3.05) is 13.1 Å². The molecule has 8 nitrogen and oxygen atoms in total. The standard InChI is InChI=1S/C23H28F2N4O4/c1-22(2,3)33-21(32)29-11-10-16(23(24,25)12-29)13-6-5-7-14-18(27-28(4)19(13)14)15-8-9-17(30)26-20(15)31/h5-7,15-16H,8-12H2,1-4H3,(H,26,30,31)/t15?,16-/m0/s1. The average Bonchev–Trinajstić information content (AvgIpc) is 3.03. The molecule has 2 aliphatic rings. The van der Waals surface area contributed by atoms with E-state index in [1.54, 1.807) is 46.0 Å². The molecule has 3 amide bonds. The lowest BCUT2D eigenvalue weighted by Gasteiger charge is -2.39. The molecule has 0 aliphatic carbocycles. The summed E-state index contributed by atoms with van der Waals surface area (Å²) < 4.78 is 37.5. The van der Waals surface area contributed by atoms with Crippen molar-refractivity contribution in [3.05, 3.63) is 29.5 Å². The van der Waals surface area contributed by atoms with Crippen molar-refractivity contribution in [2.45, 2.75) is 63.4 Å². The number of rotatable bonds is 2. The lowest BCUT2D eigenvalue weighted by atomic mass is 9.84. The summed E-state index contributed by atoms with van der Waals surface area (Å²) in [6, 6.07) is 5.10. The summed E-state index contributed by atoms with van der Waals surface area (Å²) in [6.45, 7) is 4.49. The number of piperidine rings is 2. The van der Waals surface area contributed by atoms with Crippen LogP contribution in [0.3, 0.4) is 0 Å². The van der Waals surface area contributed by atoms with E-state index in [4.69, 9.17) is 4.74 Å². The van der Waals surface area contributed by atoms with Crippen molar-refractivity contribution in [2.24, 2.45) is 7.05 Å². The molecule has 0 saturated carbocycles. The van der Waals surface area contributed by atoms with Gasteiger partial charge in [-0.15, -0.1) is 0 Å². The number of nitrogens with zero attached hydrogens (tertiary/aromatic N) is 3. The first-order valence-corrected chi connectivity index (χ1v) is 11.0. The number of hydrogen-bond donors (Lipinski definition) is 1. The van der Waals surface area contributed by atoms with E-state index in [0.29, 0.717) is 28.6 Å². The Morgan fingerprint density at radius 1 is 1.24 bits per heavy atom. The van der Waals surface area contributed by atoms with E-state index in [-0.39, 0.29) is 25.3 Å². The predicted molar refractivity (Wildman–Crippen MR) is 116 cm³/mol. The van der Waals surface area contributed by atoms with Crippen molar-refractivity contribution in [3.63, 3.8) is 0 Å². The molecule has 0 bridgehead atoms. The predicted octanol–water partition coefficient (Wildman–Crippen LogP) is 3.45. The van der Waals surface area contributed by atoms with Gasteiger partial charge < -0.3 is 9.64 Å². The number of aromatic nitrogens is 2. The molecule has 1 N–H and O–H groups in total. The van der Waals surface area contributed by atoms with E-state index in [1.165, 1.54) is 4.68 Å². The number of halogens is 2. The van der Waals surface area contributed by atoms with Crippen molar-refractivity contribution in [1.82, 2.24) is 20.0 Å². The molecule has 0 radical (unpaired) electrons. The number of alkyl halides is 2. The van der Waals surface area contributed by atoms with Crippen LogP contribution in [0.5, 0.6) is 0 Å². The second-order valence-corrected chi connectivity index (χ2v) is 9.76. The lowest BCUT2D eigenvalue weighted by Crippen LogP contribution is -2.51. The minimum atomic E-state index is -3.18. The number of carbonyl (C=O) groups excluding carboxylic acids is 3. The van der Waals surface area contributed by atoms with Gasteiger partial charge in [0.05, 0.1) is 29.6 Å². The Morgan fingerprint density at radius 2 is 1.97 bits per heavy atom. The number of nitrogens with one attached hydrogen (secondary N) is 1. The van der Waals surface area contributed by atoms with Crippen LogP contribution in [0, 0.1) is 0 Å². The zero-order valence-electron chi connectivity index (χ0n) is 19.2. The number of amides is 3. The third-order valence-corrected chi connectivity index (χ3v) is 6.12. The maximum atomic E-state index is 15.3. The van der Waals surface area contributed by atoms with E-state index in [9.17, 15) is 14.4 Å². The fourth-order valence-corrected chi connectivity index (χ4v) is 4.69. The Labute approximate surface area is 190 Å². The molecule has 178 valence electrons. The number of hydrogen-bond acceptors (Lipinski definition) is 5. The highest BCUT2D eigenvalue weighted by atomic mass is 19.3. The summed E-state index contributed by atoms with van der Waals surface area (Å²) in [4.78, 5) is 37.3. The van der Waals surface area contributed by atoms with Gasteiger partial charge in [-0.25, -0.2) is 13.6 Å². The molecule has 1 unspecified atom stereocenters. The van der Waals surface area contributed by atoms with Gasteiger partial charge in [0, 0.05) is 25.4 Å². The van der Waals surface area contributed by atoms with Gasteiger partial charge >= 0.3 is 6.09 Å². The molecule has 2 atom stereocenters. The van der Waals surface area contributed by atoms with Crippen LogP contribution < -0.4 is 5.32 Å². The molecule has 10 heteroatoms. The second kappa shape index (κ2) is 8.07. The third kappa shape index (κ3) is 4.43. The highest BCUT2D eigenvalue weighted by Gasteiger charge is 2.48. The van der Waals surface area contributed by atoms with E-state index < -0.39 is 41.9 Å². The summed E-state index contributed by atoms with van der Waals surface area (Å²) in [5.74, 6) is -5.66. The van der Waals surface area contributed by atoms with Crippen LogP contribution in [0.4, 0.5) is 13.6 Å².